The molecule has 0 heterocycles. The van der Waals surface area contributed by atoms with E-state index in [0.717, 1.165) is 0 Å². The first-order valence-electron chi connectivity index (χ1n) is 8.78. The van der Waals surface area contributed by atoms with Crippen molar-refractivity contribution in [1.29, 1.82) is 0 Å². The molecule has 0 rings (SSSR count). The zero-order chi connectivity index (χ0) is 14.7. The van der Waals surface area contributed by atoms with Crippen molar-refractivity contribution in [3.8, 4) is 0 Å². The van der Waals surface area contributed by atoms with Gasteiger partial charge in [-0.15, -0.1) is 13.2 Å². The second-order valence-corrected chi connectivity index (χ2v) is 5.74. The molecule has 0 saturated carbocycles. The Balaban J connectivity index is 3.05. The van der Waals surface area contributed by atoms with E-state index in [1.165, 1.54) is 89.9 Å². The van der Waals surface area contributed by atoms with Crippen molar-refractivity contribution in [2.45, 2.75) is 89.9 Å². The van der Waals surface area contributed by atoms with E-state index >= 15 is 0 Å². The van der Waals surface area contributed by atoms with Crippen LogP contribution in [0.4, 0.5) is 0 Å². The van der Waals surface area contributed by atoms with Crippen molar-refractivity contribution in [3.05, 3.63) is 37.5 Å². The van der Waals surface area contributed by atoms with Crippen LogP contribution in [0.25, 0.3) is 0 Å². The van der Waals surface area contributed by atoms with E-state index in [4.69, 9.17) is 0 Å². The fourth-order valence-electron chi connectivity index (χ4n) is 2.40. The molecule has 0 N–H and O–H groups in total. The van der Waals surface area contributed by atoms with E-state index in [0.29, 0.717) is 0 Å². The van der Waals surface area contributed by atoms with Gasteiger partial charge in [0.05, 0.1) is 0 Å². The molecule has 116 valence electrons. The Morgan fingerprint density at radius 2 is 0.700 bits per heavy atom. The summed E-state index contributed by atoms with van der Waals surface area (Å²) in [6.07, 6.45) is 27.5. The highest BCUT2D eigenvalue weighted by molar-refractivity contribution is 4.81. The number of rotatable bonds is 16. The van der Waals surface area contributed by atoms with Crippen LogP contribution in [-0.2, 0) is 0 Å². The van der Waals surface area contributed by atoms with Crippen LogP contribution < -0.4 is 0 Å². The quantitative estimate of drug-likeness (QED) is 0.204. The van der Waals surface area contributed by atoms with Gasteiger partial charge in [-0.3, -0.25) is 0 Å². The van der Waals surface area contributed by atoms with Crippen molar-refractivity contribution in [3.63, 3.8) is 0 Å². The Hall–Kier alpha value is -0.780. The van der Waals surface area contributed by atoms with Gasteiger partial charge in [-0.25, -0.2) is 0 Å². The highest BCUT2D eigenvalue weighted by atomic mass is 14.0. The largest absolute Gasteiger partial charge is 0.103 e. The summed E-state index contributed by atoms with van der Waals surface area (Å²) in [7, 11) is 0. The Morgan fingerprint density at radius 3 is 1.05 bits per heavy atom. The third-order valence-corrected chi connectivity index (χ3v) is 3.72. The number of allylic oxidation sites excluding steroid dienone is 4. The summed E-state index contributed by atoms with van der Waals surface area (Å²) >= 11 is 0. The molecule has 0 aromatic rings. The molecule has 0 aromatic carbocycles. The Labute approximate surface area is 128 Å². The van der Waals surface area contributed by atoms with Gasteiger partial charge in [0.25, 0.3) is 0 Å². The van der Waals surface area contributed by atoms with E-state index < -0.39 is 0 Å². The molecule has 0 saturated heterocycles. The number of unbranched alkanes of at least 4 members (excludes halogenated alkanes) is 12. The lowest BCUT2D eigenvalue weighted by Gasteiger charge is -1.99. The maximum atomic E-state index is 3.75. The summed E-state index contributed by atoms with van der Waals surface area (Å²) in [6, 6.07) is 0. The average Bonchev–Trinajstić information content (AvgIpc) is 2.47. The first-order valence-corrected chi connectivity index (χ1v) is 8.78. The van der Waals surface area contributed by atoms with Crippen LogP contribution in [0.5, 0.6) is 0 Å². The SMILES string of the molecule is C=CCCCCCCCC=CCCCCCCCC=C. The van der Waals surface area contributed by atoms with Crippen LogP contribution in [0, 0.1) is 0 Å². The van der Waals surface area contributed by atoms with Gasteiger partial charge < -0.3 is 0 Å². The zero-order valence-electron chi connectivity index (χ0n) is 13.6. The molecule has 0 aliphatic rings. The molecule has 0 fully saturated rings. The van der Waals surface area contributed by atoms with E-state index in [9.17, 15) is 0 Å². The van der Waals surface area contributed by atoms with Gasteiger partial charge in [0.2, 0.25) is 0 Å². The predicted octanol–water partition coefficient (Wildman–Crippen LogP) is 7.38. The van der Waals surface area contributed by atoms with Crippen LogP contribution >= 0.6 is 0 Å². The second kappa shape index (κ2) is 18.2. The monoisotopic (exact) mass is 276 g/mol. The third-order valence-electron chi connectivity index (χ3n) is 3.72. The Bertz CT molecular complexity index is 200. The van der Waals surface area contributed by atoms with E-state index in [-0.39, 0.29) is 0 Å². The minimum Gasteiger partial charge on any atom is -0.103 e. The molecule has 0 aromatic heterocycles. The molecular formula is C20H36. The number of hydrogen-bond donors (Lipinski definition) is 0. The lowest BCUT2D eigenvalue weighted by molar-refractivity contribution is 0.617. The molecule has 0 bridgehead atoms. The average molecular weight is 277 g/mol. The van der Waals surface area contributed by atoms with Gasteiger partial charge in [-0.2, -0.15) is 0 Å². The summed E-state index contributed by atoms with van der Waals surface area (Å²) in [5.41, 5.74) is 0. The van der Waals surface area contributed by atoms with Crippen LogP contribution in [0.2, 0.25) is 0 Å². The third kappa shape index (κ3) is 17.2. The molecule has 0 heteroatoms. The van der Waals surface area contributed by atoms with Crippen molar-refractivity contribution >= 4 is 0 Å². The van der Waals surface area contributed by atoms with Crippen molar-refractivity contribution < 1.29 is 0 Å². The molecule has 0 atom stereocenters. The van der Waals surface area contributed by atoms with E-state index in [1.807, 2.05) is 12.2 Å². The summed E-state index contributed by atoms with van der Waals surface area (Å²) in [6.45, 7) is 7.51. The van der Waals surface area contributed by atoms with E-state index in [1.54, 1.807) is 0 Å². The number of hydrogen-bond acceptors (Lipinski definition) is 0. The lowest BCUT2D eigenvalue weighted by Crippen LogP contribution is -1.79. The summed E-state index contributed by atoms with van der Waals surface area (Å²) < 4.78 is 0. The second-order valence-electron chi connectivity index (χ2n) is 5.74. The predicted molar refractivity (Wildman–Crippen MR) is 94.2 cm³/mol. The molecule has 0 aliphatic heterocycles. The van der Waals surface area contributed by atoms with Gasteiger partial charge >= 0.3 is 0 Å². The van der Waals surface area contributed by atoms with Crippen molar-refractivity contribution in [2.75, 3.05) is 0 Å². The Kier molecular flexibility index (Phi) is 17.5. The van der Waals surface area contributed by atoms with Gasteiger partial charge in [0, 0.05) is 0 Å². The summed E-state index contributed by atoms with van der Waals surface area (Å²) in [4.78, 5) is 0. The summed E-state index contributed by atoms with van der Waals surface area (Å²) in [5.74, 6) is 0. The minimum absolute atomic E-state index is 1.19. The van der Waals surface area contributed by atoms with Crippen LogP contribution in [0.1, 0.15) is 89.9 Å². The fraction of sp³-hybridized carbons (Fsp3) is 0.700. The maximum absolute atomic E-state index is 3.75. The van der Waals surface area contributed by atoms with Crippen molar-refractivity contribution in [2.24, 2.45) is 0 Å². The fourth-order valence-corrected chi connectivity index (χ4v) is 2.40. The zero-order valence-corrected chi connectivity index (χ0v) is 13.6. The standard InChI is InChI=1S/C20H36/c1-3-5-7-9-11-13-15-17-19-20-18-16-14-12-10-8-6-4-2/h3-4,19-20H,1-2,5-18H2. The molecule has 0 radical (unpaired) electrons. The first kappa shape index (κ1) is 19.2. The van der Waals surface area contributed by atoms with Crippen LogP contribution in [0.3, 0.4) is 0 Å². The van der Waals surface area contributed by atoms with Gasteiger partial charge in [0.15, 0.2) is 0 Å². The molecule has 0 aliphatic carbocycles. The highest BCUT2D eigenvalue weighted by Gasteiger charge is 1.90. The molecular weight excluding hydrogens is 240 g/mol. The molecule has 0 spiro atoms. The first-order chi connectivity index (χ1) is 9.91. The molecule has 20 heavy (non-hydrogen) atoms. The van der Waals surface area contributed by atoms with E-state index in [2.05, 4.69) is 25.3 Å². The van der Waals surface area contributed by atoms with Gasteiger partial charge in [-0.05, 0) is 51.4 Å². The topological polar surface area (TPSA) is 0 Å². The molecule has 0 nitrogen and oxygen atoms in total. The summed E-state index contributed by atoms with van der Waals surface area (Å²) in [5, 5.41) is 0. The smallest absolute Gasteiger partial charge is 0.0351 e. The molecule has 0 unspecified atom stereocenters. The minimum atomic E-state index is 1.19. The van der Waals surface area contributed by atoms with Gasteiger partial charge in [-0.1, -0.05) is 62.8 Å². The van der Waals surface area contributed by atoms with Crippen molar-refractivity contribution in [1.82, 2.24) is 0 Å². The maximum Gasteiger partial charge on any atom is -0.0351 e. The normalized spacial score (nSPS) is 11.0. The van der Waals surface area contributed by atoms with Gasteiger partial charge in [0.1, 0.15) is 0 Å². The van der Waals surface area contributed by atoms with Crippen LogP contribution in [-0.4, -0.2) is 0 Å². The lowest BCUT2D eigenvalue weighted by atomic mass is 10.1. The Morgan fingerprint density at radius 1 is 0.400 bits per heavy atom. The highest BCUT2D eigenvalue weighted by Crippen LogP contribution is 2.10. The molecule has 0 amide bonds. The van der Waals surface area contributed by atoms with Crippen LogP contribution in [0.15, 0.2) is 37.5 Å².